The predicted molar refractivity (Wildman–Crippen MR) is 92.5 cm³/mol. The lowest BCUT2D eigenvalue weighted by Crippen LogP contribution is -2.13. The number of nitrogens with two attached hydrogens (primary N) is 1. The molecule has 0 bridgehead atoms. The van der Waals surface area contributed by atoms with Crippen LogP contribution in [0.25, 0.3) is 16.7 Å². The quantitative estimate of drug-likeness (QED) is 0.697. The number of fused-ring (bicyclic) bond motifs is 1. The van der Waals surface area contributed by atoms with E-state index in [0.717, 1.165) is 26.0 Å². The molecule has 0 radical (unpaired) electrons. The van der Waals surface area contributed by atoms with E-state index in [9.17, 15) is 0 Å². The van der Waals surface area contributed by atoms with Crippen molar-refractivity contribution in [3.8, 4) is 5.69 Å². The highest BCUT2D eigenvalue weighted by atomic mass is 127. The normalized spacial score (nSPS) is 10.9. The maximum Gasteiger partial charge on any atom is 0.206 e. The standard InChI is InChI=1S/C15H15IN4/c1-19(2)13-5-3-4-6-14(13)20-12-8-7-10(16)9-11(12)18-15(20)17/h3-9H,1-2H3,(H2,17,18). The van der Waals surface area contributed by atoms with Crippen LogP contribution in [0.3, 0.4) is 0 Å². The largest absolute Gasteiger partial charge is 0.376 e. The lowest BCUT2D eigenvalue weighted by molar-refractivity contribution is 1.06. The van der Waals surface area contributed by atoms with Crippen molar-refractivity contribution in [1.29, 1.82) is 0 Å². The number of nitrogen functional groups attached to an aromatic ring is 1. The third-order valence-electron chi connectivity index (χ3n) is 3.25. The van der Waals surface area contributed by atoms with E-state index in [-0.39, 0.29) is 0 Å². The summed E-state index contributed by atoms with van der Waals surface area (Å²) in [5.41, 5.74) is 10.2. The van der Waals surface area contributed by atoms with Gasteiger partial charge in [-0.2, -0.15) is 0 Å². The molecule has 0 aliphatic carbocycles. The molecule has 1 aromatic heterocycles. The number of aromatic nitrogens is 2. The third-order valence-corrected chi connectivity index (χ3v) is 3.92. The molecular weight excluding hydrogens is 363 g/mol. The highest BCUT2D eigenvalue weighted by Gasteiger charge is 2.13. The molecule has 0 aliphatic heterocycles. The van der Waals surface area contributed by atoms with E-state index in [1.807, 2.05) is 36.9 Å². The van der Waals surface area contributed by atoms with E-state index in [1.54, 1.807) is 0 Å². The summed E-state index contributed by atoms with van der Waals surface area (Å²) < 4.78 is 3.15. The number of rotatable bonds is 2. The summed E-state index contributed by atoms with van der Waals surface area (Å²) >= 11 is 2.28. The number of anilines is 2. The van der Waals surface area contributed by atoms with Crippen LogP contribution < -0.4 is 10.6 Å². The Morgan fingerprint density at radius 1 is 1.15 bits per heavy atom. The van der Waals surface area contributed by atoms with Crippen LogP contribution in [0, 0.1) is 3.57 Å². The third kappa shape index (κ3) is 2.11. The topological polar surface area (TPSA) is 47.1 Å². The first-order valence-electron chi connectivity index (χ1n) is 6.28. The molecule has 0 saturated heterocycles. The first kappa shape index (κ1) is 13.2. The Balaban J connectivity index is 2.33. The van der Waals surface area contributed by atoms with Crippen molar-refractivity contribution in [2.45, 2.75) is 0 Å². The number of nitrogens with zero attached hydrogens (tertiary/aromatic N) is 3. The molecule has 0 atom stereocenters. The van der Waals surface area contributed by atoms with Gasteiger partial charge in [-0.05, 0) is 52.9 Å². The van der Waals surface area contributed by atoms with Gasteiger partial charge in [0.05, 0.1) is 22.4 Å². The Bertz CT molecular complexity index is 777. The number of para-hydroxylation sites is 2. The van der Waals surface area contributed by atoms with Gasteiger partial charge in [0.15, 0.2) is 0 Å². The van der Waals surface area contributed by atoms with Crippen LogP contribution in [0.1, 0.15) is 0 Å². The Morgan fingerprint density at radius 2 is 1.90 bits per heavy atom. The molecule has 0 unspecified atom stereocenters. The molecule has 0 aliphatic rings. The molecule has 1 heterocycles. The average Bonchev–Trinajstić information content (AvgIpc) is 2.73. The number of benzene rings is 2. The van der Waals surface area contributed by atoms with Crippen molar-refractivity contribution in [2.75, 3.05) is 24.7 Å². The Hall–Kier alpha value is -1.76. The average molecular weight is 378 g/mol. The second-order valence-corrected chi connectivity index (χ2v) is 6.07. The molecule has 5 heteroatoms. The minimum absolute atomic E-state index is 0.510. The molecular formula is C15H15IN4. The van der Waals surface area contributed by atoms with Crippen LogP contribution in [-0.2, 0) is 0 Å². The zero-order chi connectivity index (χ0) is 14.3. The Kier molecular flexibility index (Phi) is 3.29. The minimum atomic E-state index is 0.510. The van der Waals surface area contributed by atoms with Crippen molar-refractivity contribution in [3.63, 3.8) is 0 Å². The van der Waals surface area contributed by atoms with Crippen molar-refractivity contribution in [1.82, 2.24) is 9.55 Å². The number of hydrogen-bond acceptors (Lipinski definition) is 3. The van der Waals surface area contributed by atoms with Gasteiger partial charge in [0.1, 0.15) is 0 Å². The maximum absolute atomic E-state index is 6.14. The van der Waals surface area contributed by atoms with Crippen LogP contribution in [-0.4, -0.2) is 23.6 Å². The lowest BCUT2D eigenvalue weighted by atomic mass is 10.2. The van der Waals surface area contributed by atoms with E-state index in [2.05, 4.69) is 56.7 Å². The molecule has 0 fully saturated rings. The summed E-state index contributed by atoms with van der Waals surface area (Å²) in [4.78, 5) is 6.54. The summed E-state index contributed by atoms with van der Waals surface area (Å²) in [6, 6.07) is 14.3. The fraction of sp³-hybridized carbons (Fsp3) is 0.133. The molecule has 0 amide bonds. The smallest absolute Gasteiger partial charge is 0.206 e. The summed E-state index contributed by atoms with van der Waals surface area (Å²) in [5.74, 6) is 0.510. The van der Waals surface area contributed by atoms with E-state index in [1.165, 1.54) is 0 Å². The van der Waals surface area contributed by atoms with Crippen LogP contribution >= 0.6 is 22.6 Å². The molecule has 2 aromatic carbocycles. The number of imidazole rings is 1. The molecule has 0 spiro atoms. The van der Waals surface area contributed by atoms with Gasteiger partial charge in [-0.15, -0.1) is 0 Å². The van der Waals surface area contributed by atoms with Crippen LogP contribution in [0.15, 0.2) is 42.5 Å². The SMILES string of the molecule is CN(C)c1ccccc1-n1c(N)nc2cc(I)ccc21. The molecule has 4 nitrogen and oxygen atoms in total. The summed E-state index contributed by atoms with van der Waals surface area (Å²) in [6.07, 6.45) is 0. The zero-order valence-electron chi connectivity index (χ0n) is 11.3. The molecule has 3 aromatic rings. The Labute approximate surface area is 131 Å². The monoisotopic (exact) mass is 378 g/mol. The Morgan fingerprint density at radius 3 is 2.65 bits per heavy atom. The van der Waals surface area contributed by atoms with Crippen molar-refractivity contribution in [3.05, 3.63) is 46.0 Å². The fourth-order valence-corrected chi connectivity index (χ4v) is 2.83. The van der Waals surface area contributed by atoms with E-state index < -0.39 is 0 Å². The highest BCUT2D eigenvalue weighted by molar-refractivity contribution is 14.1. The highest BCUT2D eigenvalue weighted by Crippen LogP contribution is 2.29. The summed E-state index contributed by atoms with van der Waals surface area (Å²) in [5, 5.41) is 0. The minimum Gasteiger partial charge on any atom is -0.376 e. The zero-order valence-corrected chi connectivity index (χ0v) is 13.5. The van der Waals surface area contributed by atoms with Gasteiger partial charge in [-0.3, -0.25) is 4.57 Å². The van der Waals surface area contributed by atoms with Crippen LogP contribution in [0.5, 0.6) is 0 Å². The second kappa shape index (κ2) is 4.97. The van der Waals surface area contributed by atoms with E-state index in [4.69, 9.17) is 5.73 Å². The summed E-state index contributed by atoms with van der Waals surface area (Å²) in [7, 11) is 4.05. The lowest BCUT2D eigenvalue weighted by Gasteiger charge is -2.18. The van der Waals surface area contributed by atoms with Crippen LogP contribution in [0.2, 0.25) is 0 Å². The number of hydrogen-bond donors (Lipinski definition) is 1. The molecule has 0 saturated carbocycles. The second-order valence-electron chi connectivity index (χ2n) is 4.82. The van der Waals surface area contributed by atoms with Gasteiger partial charge in [0, 0.05) is 17.7 Å². The van der Waals surface area contributed by atoms with Crippen molar-refractivity contribution < 1.29 is 0 Å². The van der Waals surface area contributed by atoms with E-state index in [0.29, 0.717) is 5.95 Å². The van der Waals surface area contributed by atoms with Crippen LogP contribution in [0.4, 0.5) is 11.6 Å². The van der Waals surface area contributed by atoms with Crippen molar-refractivity contribution in [2.24, 2.45) is 0 Å². The molecule has 20 heavy (non-hydrogen) atoms. The first-order chi connectivity index (χ1) is 9.58. The van der Waals surface area contributed by atoms with Gasteiger partial charge < -0.3 is 10.6 Å². The van der Waals surface area contributed by atoms with Crippen molar-refractivity contribution >= 4 is 45.3 Å². The predicted octanol–water partition coefficient (Wildman–Crippen LogP) is 3.28. The van der Waals surface area contributed by atoms with E-state index >= 15 is 0 Å². The summed E-state index contributed by atoms with van der Waals surface area (Å²) in [6.45, 7) is 0. The molecule has 102 valence electrons. The first-order valence-corrected chi connectivity index (χ1v) is 7.36. The molecule has 2 N–H and O–H groups in total. The molecule has 3 rings (SSSR count). The van der Waals surface area contributed by atoms with Gasteiger partial charge >= 0.3 is 0 Å². The fourth-order valence-electron chi connectivity index (χ4n) is 2.36. The maximum atomic E-state index is 6.14. The number of halogens is 1. The van der Waals surface area contributed by atoms with Gasteiger partial charge in [-0.25, -0.2) is 4.98 Å². The van der Waals surface area contributed by atoms with Gasteiger partial charge in [0.2, 0.25) is 5.95 Å². The van der Waals surface area contributed by atoms with Gasteiger partial charge in [-0.1, -0.05) is 12.1 Å². The van der Waals surface area contributed by atoms with Gasteiger partial charge in [0.25, 0.3) is 0 Å².